The molecule has 3 rings (SSSR count). The Morgan fingerprint density at radius 1 is 1.13 bits per heavy atom. The molecular weight excluding hydrogens is 422 g/mol. The summed E-state index contributed by atoms with van der Waals surface area (Å²) in [5.74, 6) is 0.146. The van der Waals surface area contributed by atoms with E-state index in [-0.39, 0.29) is 17.3 Å². The van der Waals surface area contributed by atoms with Crippen molar-refractivity contribution < 1.29 is 18.0 Å². The molecule has 0 aliphatic carbocycles. The van der Waals surface area contributed by atoms with Gasteiger partial charge in [0.15, 0.2) is 0 Å². The maximum Gasteiger partial charge on any atom is 0.248 e. The van der Waals surface area contributed by atoms with Gasteiger partial charge in [0.25, 0.3) is 0 Å². The number of sulfonamides is 1. The number of nitrogens with one attached hydrogen (secondary N) is 1. The van der Waals surface area contributed by atoms with Gasteiger partial charge in [0.2, 0.25) is 21.8 Å². The molecule has 7 nitrogen and oxygen atoms in total. The van der Waals surface area contributed by atoms with Crippen LogP contribution in [-0.2, 0) is 19.6 Å². The van der Waals surface area contributed by atoms with E-state index in [2.05, 4.69) is 5.32 Å². The highest BCUT2D eigenvalue weighted by Crippen LogP contribution is 2.24. The fourth-order valence-corrected chi connectivity index (χ4v) is 5.41. The molecule has 1 N–H and O–H groups in total. The topological polar surface area (TPSA) is 86.8 Å². The van der Waals surface area contributed by atoms with E-state index >= 15 is 0 Å². The molecule has 2 amide bonds. The molecule has 1 aliphatic rings. The van der Waals surface area contributed by atoms with Crippen molar-refractivity contribution in [2.24, 2.45) is 0 Å². The molecule has 30 heavy (non-hydrogen) atoms. The van der Waals surface area contributed by atoms with Crippen LogP contribution in [0.25, 0.3) is 0 Å². The van der Waals surface area contributed by atoms with Crippen LogP contribution in [0.3, 0.4) is 0 Å². The van der Waals surface area contributed by atoms with Gasteiger partial charge >= 0.3 is 0 Å². The largest absolute Gasteiger partial charge is 0.324 e. The maximum absolute atomic E-state index is 12.8. The number of benzene rings is 2. The second-order valence-corrected chi connectivity index (χ2v) is 10.3. The average molecular weight is 448 g/mol. The molecule has 0 spiro atoms. The third kappa shape index (κ3) is 4.85. The van der Waals surface area contributed by atoms with Crippen LogP contribution < -0.4 is 5.32 Å². The Balaban J connectivity index is 1.67. The van der Waals surface area contributed by atoms with E-state index in [1.165, 1.54) is 35.8 Å². The number of likely N-dealkylation sites (N-methyl/N-ethyl adjacent to an activating group) is 1. The van der Waals surface area contributed by atoms with Crippen molar-refractivity contribution in [2.75, 3.05) is 30.5 Å². The zero-order chi connectivity index (χ0) is 21.9. The van der Waals surface area contributed by atoms with E-state index in [0.29, 0.717) is 17.3 Å². The Morgan fingerprint density at radius 2 is 1.83 bits per heavy atom. The first-order valence-electron chi connectivity index (χ1n) is 9.47. The summed E-state index contributed by atoms with van der Waals surface area (Å²) >= 11 is 1.47. The summed E-state index contributed by atoms with van der Waals surface area (Å²) in [5, 5.41) is 2.87. The molecule has 0 bridgehead atoms. The smallest absolute Gasteiger partial charge is 0.248 e. The molecule has 1 atom stereocenters. The Kier molecular flexibility index (Phi) is 6.84. The molecule has 2 aromatic carbocycles. The first kappa shape index (κ1) is 22.3. The van der Waals surface area contributed by atoms with Crippen molar-refractivity contribution in [1.29, 1.82) is 0 Å². The molecule has 2 aromatic rings. The van der Waals surface area contributed by atoms with Crippen LogP contribution >= 0.6 is 11.8 Å². The lowest BCUT2D eigenvalue weighted by molar-refractivity contribution is -0.136. The number of thioether (sulfide) groups is 1. The molecule has 1 fully saturated rings. The molecule has 0 saturated carbocycles. The van der Waals surface area contributed by atoms with Crippen molar-refractivity contribution in [3.63, 3.8) is 0 Å². The highest BCUT2D eigenvalue weighted by atomic mass is 32.2. The molecular formula is C21H25N3O4S2. The van der Waals surface area contributed by atoms with Crippen LogP contribution in [-0.4, -0.2) is 60.7 Å². The molecule has 9 heteroatoms. The van der Waals surface area contributed by atoms with Crippen molar-refractivity contribution in [2.45, 2.75) is 24.8 Å². The SMILES string of the molecule is Cc1ccc(NC(=O)[C@@H]2CSCN2C(=O)CN(C)S(=O)(=O)c2ccccc2)cc1C. The Hall–Kier alpha value is -2.36. The molecule has 0 radical (unpaired) electrons. The minimum absolute atomic E-state index is 0.125. The second-order valence-electron chi connectivity index (χ2n) is 7.24. The molecule has 160 valence electrons. The van der Waals surface area contributed by atoms with Crippen LogP contribution in [0, 0.1) is 13.8 Å². The number of carbonyl (C=O) groups is 2. The van der Waals surface area contributed by atoms with Crippen molar-refractivity contribution in [3.8, 4) is 0 Å². The number of hydrogen-bond donors (Lipinski definition) is 1. The Labute approximate surface area is 181 Å². The highest BCUT2D eigenvalue weighted by Gasteiger charge is 2.36. The number of aryl methyl sites for hydroxylation is 2. The van der Waals surface area contributed by atoms with Gasteiger partial charge in [-0.05, 0) is 49.2 Å². The van der Waals surface area contributed by atoms with E-state index in [0.717, 1.165) is 15.4 Å². The molecule has 0 unspecified atom stereocenters. The van der Waals surface area contributed by atoms with Crippen LogP contribution in [0.2, 0.25) is 0 Å². The molecule has 1 aliphatic heterocycles. The fourth-order valence-electron chi connectivity index (χ4n) is 3.09. The summed E-state index contributed by atoms with van der Waals surface area (Å²) in [7, 11) is -2.41. The Morgan fingerprint density at radius 3 is 2.50 bits per heavy atom. The number of amides is 2. The van der Waals surface area contributed by atoms with E-state index in [4.69, 9.17) is 0 Å². The zero-order valence-corrected chi connectivity index (χ0v) is 18.8. The molecule has 1 heterocycles. The summed E-state index contributed by atoms with van der Waals surface area (Å²) in [5.41, 5.74) is 2.87. The zero-order valence-electron chi connectivity index (χ0n) is 17.2. The lowest BCUT2D eigenvalue weighted by Crippen LogP contribution is -2.48. The van der Waals surface area contributed by atoms with Crippen LogP contribution in [0.4, 0.5) is 5.69 Å². The molecule has 0 aromatic heterocycles. The Bertz CT molecular complexity index is 1040. The van der Waals surface area contributed by atoms with Crippen LogP contribution in [0.15, 0.2) is 53.4 Å². The summed E-state index contributed by atoms with van der Waals surface area (Å²) in [4.78, 5) is 27.2. The summed E-state index contributed by atoms with van der Waals surface area (Å²) in [6, 6.07) is 13.0. The van der Waals surface area contributed by atoms with E-state index in [1.807, 2.05) is 32.0 Å². The molecule has 1 saturated heterocycles. The maximum atomic E-state index is 12.8. The number of anilines is 1. The summed E-state index contributed by atoms with van der Waals surface area (Å²) < 4.78 is 26.4. The van der Waals surface area contributed by atoms with Crippen molar-refractivity contribution in [1.82, 2.24) is 9.21 Å². The number of carbonyl (C=O) groups excluding carboxylic acids is 2. The monoisotopic (exact) mass is 447 g/mol. The van der Waals surface area contributed by atoms with Crippen molar-refractivity contribution >= 4 is 39.3 Å². The number of rotatable bonds is 6. The van der Waals surface area contributed by atoms with Gasteiger partial charge in [0, 0.05) is 18.5 Å². The van der Waals surface area contributed by atoms with E-state index < -0.39 is 22.0 Å². The van der Waals surface area contributed by atoms with Gasteiger partial charge in [-0.2, -0.15) is 4.31 Å². The average Bonchev–Trinajstić information content (AvgIpc) is 3.21. The van der Waals surface area contributed by atoms with Crippen LogP contribution in [0.1, 0.15) is 11.1 Å². The number of hydrogen-bond acceptors (Lipinski definition) is 5. The first-order chi connectivity index (χ1) is 14.2. The first-order valence-corrected chi connectivity index (χ1v) is 12.1. The quantitative estimate of drug-likeness (QED) is 0.735. The van der Waals surface area contributed by atoms with E-state index in [1.54, 1.807) is 18.2 Å². The summed E-state index contributed by atoms with van der Waals surface area (Å²) in [6.07, 6.45) is 0. The second kappa shape index (κ2) is 9.20. The van der Waals surface area contributed by atoms with Gasteiger partial charge in [-0.15, -0.1) is 11.8 Å². The summed E-state index contributed by atoms with van der Waals surface area (Å²) in [6.45, 7) is 3.63. The van der Waals surface area contributed by atoms with Gasteiger partial charge in [-0.3, -0.25) is 9.59 Å². The fraction of sp³-hybridized carbons (Fsp3) is 0.333. The highest BCUT2D eigenvalue weighted by molar-refractivity contribution is 7.99. The minimum atomic E-state index is -3.78. The van der Waals surface area contributed by atoms with Gasteiger partial charge < -0.3 is 10.2 Å². The standard InChI is InChI=1S/C21H25N3O4S2/c1-15-9-10-17(11-16(15)2)22-21(26)19-13-29-14-24(19)20(25)12-23(3)30(27,28)18-7-5-4-6-8-18/h4-11,19H,12-14H2,1-3H3,(H,22,26)/t19-/m0/s1. The van der Waals surface area contributed by atoms with Gasteiger partial charge in [-0.1, -0.05) is 24.3 Å². The number of nitrogens with zero attached hydrogens (tertiary/aromatic N) is 2. The predicted molar refractivity (Wildman–Crippen MR) is 119 cm³/mol. The third-order valence-corrected chi connectivity index (χ3v) is 7.92. The minimum Gasteiger partial charge on any atom is -0.324 e. The van der Waals surface area contributed by atoms with Crippen molar-refractivity contribution in [3.05, 3.63) is 59.7 Å². The van der Waals surface area contributed by atoms with Crippen LogP contribution in [0.5, 0.6) is 0 Å². The third-order valence-electron chi connectivity index (χ3n) is 5.09. The lowest BCUT2D eigenvalue weighted by Gasteiger charge is -2.25. The van der Waals surface area contributed by atoms with E-state index in [9.17, 15) is 18.0 Å². The van der Waals surface area contributed by atoms with Gasteiger partial charge in [0.05, 0.1) is 17.3 Å². The lowest BCUT2D eigenvalue weighted by atomic mass is 10.1. The predicted octanol–water partition coefficient (Wildman–Crippen LogP) is 2.46. The van der Waals surface area contributed by atoms with Gasteiger partial charge in [0.1, 0.15) is 6.04 Å². The van der Waals surface area contributed by atoms with Gasteiger partial charge in [-0.25, -0.2) is 8.42 Å². The normalized spacial score (nSPS) is 16.7.